The molecule has 0 unspecified atom stereocenters. The van der Waals surface area contributed by atoms with E-state index in [9.17, 15) is 76.3 Å². The van der Waals surface area contributed by atoms with Crippen LogP contribution in [0.15, 0.2) is 0 Å². The van der Waals surface area contributed by atoms with Gasteiger partial charge in [0.05, 0.1) is 26.4 Å². The molecule has 3 fully saturated rings. The summed E-state index contributed by atoms with van der Waals surface area (Å²) in [5, 5.41) is 140. The lowest BCUT2D eigenvalue weighted by molar-refractivity contribution is -0.343. The maximum absolute atomic E-state index is 10.6. The molecule has 3 aliphatic rings. The van der Waals surface area contributed by atoms with Gasteiger partial charge in [0.15, 0.2) is 25.2 Å². The van der Waals surface area contributed by atoms with E-state index in [2.05, 4.69) is 0 Å². The van der Waals surface area contributed by atoms with Gasteiger partial charge in [0, 0.05) is 0 Å². The molecule has 3 heterocycles. The average molecular weight is 667 g/mol. The molecule has 0 aromatic heterocycles. The maximum Gasteiger partial charge on any atom is 0.186 e. The van der Waals surface area contributed by atoms with Gasteiger partial charge in [-0.1, -0.05) is 0 Å². The van der Waals surface area contributed by atoms with Crippen molar-refractivity contribution in [3.05, 3.63) is 0 Å². The van der Waals surface area contributed by atoms with E-state index in [1.54, 1.807) is 0 Å². The monoisotopic (exact) mass is 666 g/mol. The highest BCUT2D eigenvalue weighted by atomic mass is 16.7. The van der Waals surface area contributed by atoms with Crippen LogP contribution in [0.25, 0.3) is 0 Å². The topological polar surface area (TPSA) is 356 Å². The zero-order chi connectivity index (χ0) is 33.7. The van der Waals surface area contributed by atoms with Crippen molar-refractivity contribution >= 4 is 6.29 Å². The van der Waals surface area contributed by atoms with E-state index in [1.807, 2.05) is 0 Å². The maximum atomic E-state index is 10.6. The van der Waals surface area contributed by atoms with E-state index in [0.29, 0.717) is 0 Å². The third-order valence-corrected chi connectivity index (χ3v) is 7.70. The van der Waals surface area contributed by atoms with E-state index < -0.39 is 143 Å². The number of aliphatic hydroxyl groups excluding tert-OH is 14. The van der Waals surface area contributed by atoms with Crippen molar-refractivity contribution in [3.8, 4) is 0 Å². The molecule has 0 aromatic rings. The van der Waals surface area contributed by atoms with Crippen LogP contribution in [0.3, 0.4) is 0 Å². The smallest absolute Gasteiger partial charge is 0.186 e. The number of carbonyl (C=O) groups is 1. The number of carbonyl (C=O) groups excluding carboxylic acids is 1. The van der Waals surface area contributed by atoms with Gasteiger partial charge in [-0.3, -0.25) is 0 Å². The second-order valence-corrected chi connectivity index (χ2v) is 10.9. The highest BCUT2D eigenvalue weighted by molar-refractivity contribution is 5.56. The molecule has 45 heavy (non-hydrogen) atoms. The molecular weight excluding hydrogens is 624 g/mol. The van der Waals surface area contributed by atoms with Gasteiger partial charge in [-0.2, -0.15) is 0 Å². The van der Waals surface area contributed by atoms with E-state index in [1.165, 1.54) is 0 Å². The molecule has 0 spiro atoms. The lowest BCUT2D eigenvalue weighted by Crippen LogP contribution is -2.62. The molecule has 264 valence electrons. The highest BCUT2D eigenvalue weighted by Gasteiger charge is 2.49. The lowest BCUT2D eigenvalue weighted by atomic mass is 9.98. The fraction of sp³-hybridized carbons (Fsp3) is 0.958. The molecule has 3 aliphatic heterocycles. The molecule has 0 bridgehead atoms. The van der Waals surface area contributed by atoms with E-state index in [-0.39, 0.29) is 6.29 Å². The summed E-state index contributed by atoms with van der Waals surface area (Å²) in [4.78, 5) is 10.6. The predicted molar refractivity (Wildman–Crippen MR) is 135 cm³/mol. The number of hydrogen-bond donors (Lipinski definition) is 14. The fourth-order valence-electron chi connectivity index (χ4n) is 4.77. The number of rotatable bonds is 14. The van der Waals surface area contributed by atoms with Crippen LogP contribution < -0.4 is 0 Å². The summed E-state index contributed by atoms with van der Waals surface area (Å²) in [5.74, 6) is 0. The molecule has 19 atom stereocenters. The Morgan fingerprint density at radius 1 is 0.533 bits per heavy atom. The van der Waals surface area contributed by atoms with Crippen molar-refractivity contribution in [2.75, 3.05) is 26.4 Å². The molecule has 21 nitrogen and oxygen atoms in total. The van der Waals surface area contributed by atoms with Gasteiger partial charge >= 0.3 is 0 Å². The van der Waals surface area contributed by atoms with Crippen molar-refractivity contribution in [2.45, 2.75) is 117 Å². The lowest BCUT2D eigenvalue weighted by Gasteiger charge is -2.44. The van der Waals surface area contributed by atoms with Crippen molar-refractivity contribution in [1.82, 2.24) is 0 Å². The summed E-state index contributed by atoms with van der Waals surface area (Å²) in [6.07, 6.45) is -34.1. The van der Waals surface area contributed by atoms with Crippen LogP contribution >= 0.6 is 0 Å². The number of hydrogen-bond acceptors (Lipinski definition) is 21. The van der Waals surface area contributed by atoms with Crippen molar-refractivity contribution < 1.29 is 105 Å². The molecule has 3 saturated heterocycles. The SMILES string of the molecule is O=C[C@H](O)[C@@H](O)[C@H](O)[C@H](O)CO[C@@H]1O[C@H](CO[C@@H]2O[C@H](CO[C@@H]3O[C@H](CO)[C@@H](O)[C@H](O)[C@H]3O)[C@@H](O)[C@H](O)[C@H]2O)[C@@H](O)[C@H](O)[C@H]1O. The minimum Gasteiger partial charge on any atom is -0.394 e. The van der Waals surface area contributed by atoms with E-state index in [0.717, 1.165) is 0 Å². The normalized spacial score (nSPS) is 45.4. The Hall–Kier alpha value is -1.13. The molecule has 0 aliphatic carbocycles. The second-order valence-electron chi connectivity index (χ2n) is 10.9. The quantitative estimate of drug-likeness (QED) is 0.0765. The van der Waals surface area contributed by atoms with Gasteiger partial charge in [-0.05, 0) is 0 Å². The van der Waals surface area contributed by atoms with E-state index >= 15 is 0 Å². The second kappa shape index (κ2) is 16.8. The first-order chi connectivity index (χ1) is 21.1. The van der Waals surface area contributed by atoms with Crippen molar-refractivity contribution in [3.63, 3.8) is 0 Å². The van der Waals surface area contributed by atoms with Gasteiger partial charge < -0.3 is 105 Å². The van der Waals surface area contributed by atoms with Gasteiger partial charge in [-0.25, -0.2) is 0 Å². The standard InChI is InChI=1S/C24H42O21/c25-1-6(27)11(29)12(30)7(28)3-40-22-20(38)17(35)14(32)9(44-22)5-42-24-21(39)18(36)15(33)10(45-24)4-41-23-19(37)16(34)13(31)8(2-26)43-23/h1,6-24,26-39H,2-5H2/t6-,7+,8+,9+,10+,11+,12+,13+,14+,15+,16-,17-,18-,19+,20+,21+,22+,23+,24+/m0/s1. The van der Waals surface area contributed by atoms with Crippen LogP contribution in [-0.2, 0) is 33.2 Å². The third-order valence-electron chi connectivity index (χ3n) is 7.70. The third kappa shape index (κ3) is 8.87. The van der Waals surface area contributed by atoms with Gasteiger partial charge in [0.1, 0.15) is 97.7 Å². The molecule has 21 heteroatoms. The fourth-order valence-corrected chi connectivity index (χ4v) is 4.77. The van der Waals surface area contributed by atoms with Crippen molar-refractivity contribution in [2.24, 2.45) is 0 Å². The summed E-state index contributed by atoms with van der Waals surface area (Å²) in [6, 6.07) is 0. The minimum absolute atomic E-state index is 0.0835. The average Bonchev–Trinajstić information content (AvgIpc) is 3.03. The summed E-state index contributed by atoms with van der Waals surface area (Å²) < 4.78 is 31.9. The molecule has 0 radical (unpaired) electrons. The van der Waals surface area contributed by atoms with Crippen LogP contribution in [0.4, 0.5) is 0 Å². The van der Waals surface area contributed by atoms with Crippen LogP contribution in [0.5, 0.6) is 0 Å². The summed E-state index contributed by atoms with van der Waals surface area (Å²) in [6.45, 7) is -2.97. The van der Waals surface area contributed by atoms with Crippen LogP contribution in [0.2, 0.25) is 0 Å². The van der Waals surface area contributed by atoms with Crippen molar-refractivity contribution in [1.29, 1.82) is 0 Å². The molecule has 0 aromatic carbocycles. The first-order valence-corrected chi connectivity index (χ1v) is 13.9. The van der Waals surface area contributed by atoms with Crippen LogP contribution in [0, 0.1) is 0 Å². The summed E-state index contributed by atoms with van der Waals surface area (Å²) in [5.41, 5.74) is 0. The van der Waals surface area contributed by atoms with Gasteiger partial charge in [-0.15, -0.1) is 0 Å². The van der Waals surface area contributed by atoms with Crippen LogP contribution in [0.1, 0.15) is 0 Å². The van der Waals surface area contributed by atoms with Crippen LogP contribution in [-0.4, -0.2) is 221 Å². The molecule has 3 rings (SSSR count). The number of aldehydes is 1. The van der Waals surface area contributed by atoms with Gasteiger partial charge in [0.25, 0.3) is 0 Å². The Bertz CT molecular complexity index is 899. The molecule has 0 saturated carbocycles. The number of aliphatic hydroxyl groups is 14. The Morgan fingerprint density at radius 2 is 0.911 bits per heavy atom. The highest BCUT2D eigenvalue weighted by Crippen LogP contribution is 2.28. The first-order valence-electron chi connectivity index (χ1n) is 13.9. The Labute approximate surface area is 254 Å². The Morgan fingerprint density at radius 3 is 1.31 bits per heavy atom. The predicted octanol–water partition coefficient (Wildman–Crippen LogP) is -9.91. The van der Waals surface area contributed by atoms with E-state index in [4.69, 9.17) is 28.4 Å². The summed E-state index contributed by atoms with van der Waals surface area (Å²) in [7, 11) is 0. The summed E-state index contributed by atoms with van der Waals surface area (Å²) >= 11 is 0. The minimum atomic E-state index is -2.09. The Kier molecular flexibility index (Phi) is 14.3. The largest absolute Gasteiger partial charge is 0.394 e. The first kappa shape index (κ1) is 38.3. The van der Waals surface area contributed by atoms with Gasteiger partial charge in [0.2, 0.25) is 0 Å². The molecule has 14 N–H and O–H groups in total. The molecule has 0 amide bonds. The zero-order valence-corrected chi connectivity index (χ0v) is 23.5. The molecular formula is C24H42O21. The number of ether oxygens (including phenoxy) is 6. The zero-order valence-electron chi connectivity index (χ0n) is 23.5. The Balaban J connectivity index is 1.58.